The van der Waals surface area contributed by atoms with Crippen LogP contribution in [0.25, 0.3) is 0 Å². The maximum atomic E-state index is 11.9. The van der Waals surface area contributed by atoms with Gasteiger partial charge in [0.1, 0.15) is 5.75 Å². The van der Waals surface area contributed by atoms with Crippen LogP contribution in [0, 0.1) is 11.8 Å². The van der Waals surface area contributed by atoms with Gasteiger partial charge in [0.15, 0.2) is 0 Å². The first kappa shape index (κ1) is 16.2. The molecule has 20 heavy (non-hydrogen) atoms. The molecule has 0 saturated carbocycles. The highest BCUT2D eigenvalue weighted by atomic mass is 16.3. The second-order valence-corrected chi connectivity index (χ2v) is 5.87. The van der Waals surface area contributed by atoms with Crippen molar-refractivity contribution in [1.82, 2.24) is 5.43 Å². The third-order valence-electron chi connectivity index (χ3n) is 2.71. The van der Waals surface area contributed by atoms with E-state index in [0.717, 1.165) is 18.6 Å². The van der Waals surface area contributed by atoms with Crippen LogP contribution in [-0.4, -0.2) is 16.7 Å². The molecule has 0 saturated heterocycles. The van der Waals surface area contributed by atoms with Crippen molar-refractivity contribution in [3.05, 3.63) is 29.8 Å². The van der Waals surface area contributed by atoms with Crippen LogP contribution in [0.1, 0.15) is 50.9 Å². The van der Waals surface area contributed by atoms with E-state index in [0.29, 0.717) is 17.4 Å². The summed E-state index contributed by atoms with van der Waals surface area (Å²) < 4.78 is 0. The molecule has 0 radical (unpaired) electrons. The molecule has 0 fully saturated rings. The minimum Gasteiger partial charge on any atom is -0.508 e. The van der Waals surface area contributed by atoms with Gasteiger partial charge in [-0.3, -0.25) is 4.79 Å². The van der Waals surface area contributed by atoms with Crippen LogP contribution in [-0.2, 0) is 0 Å². The Balaban J connectivity index is 2.73. The number of amides is 1. The van der Waals surface area contributed by atoms with E-state index in [9.17, 15) is 9.90 Å². The summed E-state index contributed by atoms with van der Waals surface area (Å²) in [5, 5.41) is 13.6. The lowest BCUT2D eigenvalue weighted by atomic mass is 9.99. The van der Waals surface area contributed by atoms with E-state index in [2.05, 4.69) is 38.2 Å². The molecule has 1 amide bonds. The molecule has 4 heteroatoms. The van der Waals surface area contributed by atoms with Crippen LogP contribution in [0.2, 0.25) is 0 Å². The summed E-state index contributed by atoms with van der Waals surface area (Å²) in [6.07, 6.45) is 1.75. The van der Waals surface area contributed by atoms with Crippen molar-refractivity contribution in [2.75, 3.05) is 0 Å². The number of carbonyl (C=O) groups is 1. The predicted octanol–water partition coefficient (Wildman–Crippen LogP) is 3.57. The van der Waals surface area contributed by atoms with Gasteiger partial charge < -0.3 is 5.11 Å². The van der Waals surface area contributed by atoms with Gasteiger partial charge in [-0.2, -0.15) is 5.10 Å². The van der Waals surface area contributed by atoms with E-state index in [4.69, 9.17) is 0 Å². The number of phenols is 1. The van der Waals surface area contributed by atoms with Crippen molar-refractivity contribution in [2.24, 2.45) is 16.9 Å². The zero-order valence-corrected chi connectivity index (χ0v) is 12.7. The van der Waals surface area contributed by atoms with Crippen LogP contribution >= 0.6 is 0 Å². The van der Waals surface area contributed by atoms with Crippen molar-refractivity contribution >= 4 is 11.6 Å². The number of phenolic OH excluding ortho intramolecular Hbond substituents is 1. The topological polar surface area (TPSA) is 61.7 Å². The summed E-state index contributed by atoms with van der Waals surface area (Å²) in [4.78, 5) is 11.9. The quantitative estimate of drug-likeness (QED) is 0.616. The third-order valence-corrected chi connectivity index (χ3v) is 2.71. The number of nitrogens with zero attached hydrogens (tertiary/aromatic N) is 1. The zero-order chi connectivity index (χ0) is 15.1. The molecule has 0 bridgehead atoms. The molecule has 2 N–H and O–H groups in total. The van der Waals surface area contributed by atoms with Gasteiger partial charge in [-0.25, -0.2) is 5.43 Å². The number of carbonyl (C=O) groups excluding carboxylic acids is 1. The first-order valence-corrected chi connectivity index (χ1v) is 7.03. The predicted molar refractivity (Wildman–Crippen MR) is 81.9 cm³/mol. The Kier molecular flexibility index (Phi) is 6.22. The standard InChI is InChI=1S/C16H24N2O2/c1-11(2)8-14(9-12(3)4)17-18-16(20)13-6-5-7-15(19)10-13/h5-7,10-12,19H,8-9H2,1-4H3,(H,18,20). The molecule has 0 aromatic heterocycles. The number of rotatable bonds is 6. The highest BCUT2D eigenvalue weighted by molar-refractivity contribution is 5.95. The average Bonchev–Trinajstić information content (AvgIpc) is 2.34. The van der Waals surface area contributed by atoms with Gasteiger partial charge in [-0.1, -0.05) is 33.8 Å². The second-order valence-electron chi connectivity index (χ2n) is 5.87. The van der Waals surface area contributed by atoms with Crippen molar-refractivity contribution in [2.45, 2.75) is 40.5 Å². The Bertz CT molecular complexity index is 467. The summed E-state index contributed by atoms with van der Waals surface area (Å²) in [5.74, 6) is 0.785. The van der Waals surface area contributed by atoms with Crippen molar-refractivity contribution in [3.63, 3.8) is 0 Å². The zero-order valence-electron chi connectivity index (χ0n) is 12.7. The molecule has 0 unspecified atom stereocenters. The van der Waals surface area contributed by atoms with E-state index in [1.54, 1.807) is 12.1 Å². The minimum atomic E-state index is -0.300. The largest absolute Gasteiger partial charge is 0.508 e. The Morgan fingerprint density at radius 1 is 1.20 bits per heavy atom. The number of hydrogen-bond acceptors (Lipinski definition) is 3. The molecule has 0 atom stereocenters. The maximum Gasteiger partial charge on any atom is 0.271 e. The average molecular weight is 276 g/mol. The molecule has 1 aromatic rings. The second kappa shape index (κ2) is 7.68. The van der Waals surface area contributed by atoms with E-state index in [1.165, 1.54) is 12.1 Å². The number of hydrazone groups is 1. The fraction of sp³-hybridized carbons (Fsp3) is 0.500. The molecule has 0 aliphatic rings. The lowest BCUT2D eigenvalue weighted by Crippen LogP contribution is -2.21. The Morgan fingerprint density at radius 3 is 2.30 bits per heavy atom. The lowest BCUT2D eigenvalue weighted by Gasteiger charge is -2.11. The number of hydrogen-bond donors (Lipinski definition) is 2. The maximum absolute atomic E-state index is 11.9. The monoisotopic (exact) mass is 276 g/mol. The molecule has 0 spiro atoms. The highest BCUT2D eigenvalue weighted by Crippen LogP contribution is 2.12. The van der Waals surface area contributed by atoms with Gasteiger partial charge in [-0.15, -0.1) is 0 Å². The highest BCUT2D eigenvalue weighted by Gasteiger charge is 2.09. The van der Waals surface area contributed by atoms with Crippen LogP contribution in [0.5, 0.6) is 5.75 Å². The van der Waals surface area contributed by atoms with Crippen LogP contribution in [0.4, 0.5) is 0 Å². The summed E-state index contributed by atoms with van der Waals surface area (Å²) in [6, 6.07) is 6.24. The Morgan fingerprint density at radius 2 is 1.80 bits per heavy atom. The van der Waals surface area contributed by atoms with Crippen molar-refractivity contribution in [3.8, 4) is 5.75 Å². The fourth-order valence-electron chi connectivity index (χ4n) is 1.96. The molecule has 1 rings (SSSR count). The minimum absolute atomic E-state index is 0.0752. The summed E-state index contributed by atoms with van der Waals surface area (Å²) in [6.45, 7) is 8.53. The van der Waals surface area contributed by atoms with Crippen LogP contribution < -0.4 is 5.43 Å². The van der Waals surface area contributed by atoms with E-state index < -0.39 is 0 Å². The lowest BCUT2D eigenvalue weighted by molar-refractivity contribution is 0.0954. The number of aromatic hydroxyl groups is 1. The Hall–Kier alpha value is -1.84. The normalized spacial score (nSPS) is 10.7. The fourth-order valence-corrected chi connectivity index (χ4v) is 1.96. The molecule has 0 heterocycles. The Labute approximate surface area is 120 Å². The van der Waals surface area contributed by atoms with Gasteiger partial charge >= 0.3 is 0 Å². The van der Waals surface area contributed by atoms with Gasteiger partial charge in [0, 0.05) is 11.3 Å². The molecular weight excluding hydrogens is 252 g/mol. The summed E-state index contributed by atoms with van der Waals surface area (Å²) in [5.41, 5.74) is 3.98. The van der Waals surface area contributed by atoms with Crippen molar-refractivity contribution in [1.29, 1.82) is 0 Å². The van der Waals surface area contributed by atoms with Gasteiger partial charge in [0.25, 0.3) is 5.91 Å². The van der Waals surface area contributed by atoms with Gasteiger partial charge in [0.2, 0.25) is 0 Å². The number of nitrogens with one attached hydrogen (secondary N) is 1. The van der Waals surface area contributed by atoms with E-state index >= 15 is 0 Å². The summed E-state index contributed by atoms with van der Waals surface area (Å²) >= 11 is 0. The summed E-state index contributed by atoms with van der Waals surface area (Å²) in [7, 11) is 0. The molecule has 4 nitrogen and oxygen atoms in total. The van der Waals surface area contributed by atoms with Crippen LogP contribution in [0.15, 0.2) is 29.4 Å². The third kappa shape index (κ3) is 5.87. The molecule has 0 aliphatic carbocycles. The SMILES string of the molecule is CC(C)CC(CC(C)C)=NNC(=O)c1cccc(O)c1. The smallest absolute Gasteiger partial charge is 0.271 e. The van der Waals surface area contributed by atoms with E-state index in [-0.39, 0.29) is 11.7 Å². The van der Waals surface area contributed by atoms with Crippen molar-refractivity contribution < 1.29 is 9.90 Å². The molecule has 110 valence electrons. The molecular formula is C16H24N2O2. The van der Waals surface area contributed by atoms with E-state index in [1.807, 2.05) is 0 Å². The molecule has 1 aromatic carbocycles. The van der Waals surface area contributed by atoms with Gasteiger partial charge in [-0.05, 0) is 42.9 Å². The van der Waals surface area contributed by atoms with Crippen LogP contribution in [0.3, 0.4) is 0 Å². The first-order valence-electron chi connectivity index (χ1n) is 7.03. The molecule has 0 aliphatic heterocycles. The number of benzene rings is 1. The van der Waals surface area contributed by atoms with Gasteiger partial charge in [0.05, 0.1) is 0 Å². The first-order chi connectivity index (χ1) is 9.38.